The number of nitrogens with one attached hydrogen (secondary N) is 2. The summed E-state index contributed by atoms with van der Waals surface area (Å²) in [6, 6.07) is 7.03. The average Bonchev–Trinajstić information content (AvgIpc) is 3.12. The van der Waals surface area contributed by atoms with Gasteiger partial charge in [-0.05, 0) is 39.8 Å². The maximum atomic E-state index is 12.2. The number of anilines is 3. The van der Waals surface area contributed by atoms with Gasteiger partial charge in [-0.3, -0.25) is 14.8 Å². The van der Waals surface area contributed by atoms with Gasteiger partial charge in [-0.15, -0.1) is 0 Å². The number of aromatic nitrogens is 4. The highest BCUT2D eigenvalue weighted by Crippen LogP contribution is 2.37. The third-order valence-electron chi connectivity index (χ3n) is 4.24. The van der Waals surface area contributed by atoms with Crippen LogP contribution in [-0.4, -0.2) is 44.3 Å². The first-order chi connectivity index (χ1) is 15.1. The van der Waals surface area contributed by atoms with E-state index in [1.54, 1.807) is 58.1 Å². The predicted octanol–water partition coefficient (Wildman–Crippen LogP) is 4.18. The van der Waals surface area contributed by atoms with E-state index in [1.165, 1.54) is 13.1 Å². The lowest BCUT2D eigenvalue weighted by molar-refractivity contribution is 0.0635. The highest BCUT2D eigenvalue weighted by Gasteiger charge is 2.19. The van der Waals surface area contributed by atoms with Crippen molar-refractivity contribution in [2.75, 3.05) is 17.7 Å². The van der Waals surface area contributed by atoms with Crippen molar-refractivity contribution in [1.29, 1.82) is 0 Å². The summed E-state index contributed by atoms with van der Waals surface area (Å²) >= 11 is 0. The molecular weight excluding hydrogens is 412 g/mol. The molecule has 0 unspecified atom stereocenters. The number of hydrogen-bond acceptors (Lipinski definition) is 8. The van der Waals surface area contributed by atoms with Crippen LogP contribution >= 0.6 is 0 Å². The molecule has 0 saturated heterocycles. The van der Waals surface area contributed by atoms with Crippen molar-refractivity contribution in [2.24, 2.45) is 7.05 Å². The summed E-state index contributed by atoms with van der Waals surface area (Å²) in [5.41, 5.74) is 1.42. The summed E-state index contributed by atoms with van der Waals surface area (Å²) in [4.78, 5) is 32.7. The fourth-order valence-corrected chi connectivity index (χ4v) is 2.96. The molecule has 168 valence electrons. The minimum Gasteiger partial charge on any atom is -0.494 e. The van der Waals surface area contributed by atoms with Crippen molar-refractivity contribution in [1.82, 2.24) is 19.7 Å². The molecule has 0 spiro atoms. The number of carbonyl (C=O) groups is 2. The molecule has 2 heterocycles. The van der Waals surface area contributed by atoms with E-state index in [4.69, 9.17) is 9.47 Å². The van der Waals surface area contributed by atoms with Crippen LogP contribution in [0.1, 0.15) is 38.1 Å². The van der Waals surface area contributed by atoms with Crippen molar-refractivity contribution in [3.8, 4) is 17.1 Å². The van der Waals surface area contributed by atoms with Crippen molar-refractivity contribution in [3.63, 3.8) is 0 Å². The Morgan fingerprint density at radius 1 is 1.12 bits per heavy atom. The summed E-state index contributed by atoms with van der Waals surface area (Å²) in [5.74, 6) is 1.05. The van der Waals surface area contributed by atoms with Crippen molar-refractivity contribution in [3.05, 3.63) is 42.4 Å². The lowest BCUT2D eigenvalue weighted by Gasteiger charge is -2.20. The van der Waals surface area contributed by atoms with Gasteiger partial charge in [0.2, 0.25) is 0 Å². The molecular formula is C22H26N6O4. The van der Waals surface area contributed by atoms with E-state index in [2.05, 4.69) is 25.7 Å². The van der Waals surface area contributed by atoms with Crippen LogP contribution < -0.4 is 15.4 Å². The standard InChI is InChI=1S/C22H26N6O4/c1-13(29)15-11-23-18(26-21(30)32-22(2,3)4)10-17(15)25-16-9-7-8-14(19(16)31-6)20-24-12-28(5)27-20/h7-12H,1-6H3,(H2,23,25,26,30). The Balaban J connectivity index is 1.97. The summed E-state index contributed by atoms with van der Waals surface area (Å²) < 4.78 is 12.5. The first-order valence-corrected chi connectivity index (χ1v) is 9.88. The fraction of sp³-hybridized carbons (Fsp3) is 0.318. The largest absolute Gasteiger partial charge is 0.494 e. The molecule has 0 bridgehead atoms. The molecule has 2 N–H and O–H groups in total. The van der Waals surface area contributed by atoms with Gasteiger partial charge in [-0.1, -0.05) is 6.07 Å². The van der Waals surface area contributed by atoms with Crippen LogP contribution in [0.4, 0.5) is 22.0 Å². The molecule has 0 radical (unpaired) electrons. The zero-order chi connectivity index (χ0) is 23.5. The lowest BCUT2D eigenvalue weighted by atomic mass is 10.1. The van der Waals surface area contributed by atoms with Gasteiger partial charge in [0.15, 0.2) is 17.4 Å². The van der Waals surface area contributed by atoms with Crippen molar-refractivity contribution >= 4 is 29.1 Å². The Bertz CT molecular complexity index is 1150. The Kier molecular flexibility index (Phi) is 6.42. The number of para-hydroxylation sites is 1. The second kappa shape index (κ2) is 9.04. The number of methoxy groups -OCH3 is 1. The molecule has 10 nitrogen and oxygen atoms in total. The average molecular weight is 438 g/mol. The number of Topliss-reactive ketones (excluding diaryl/α,β-unsaturated/α-hetero) is 1. The molecule has 0 aliphatic heterocycles. The Labute approximate surface area is 186 Å². The lowest BCUT2D eigenvalue weighted by Crippen LogP contribution is -2.27. The smallest absolute Gasteiger partial charge is 0.413 e. The zero-order valence-electron chi connectivity index (χ0n) is 18.9. The van der Waals surface area contributed by atoms with Gasteiger partial charge in [0.25, 0.3) is 0 Å². The second-order valence-corrected chi connectivity index (χ2v) is 8.05. The maximum Gasteiger partial charge on any atom is 0.413 e. The third-order valence-corrected chi connectivity index (χ3v) is 4.24. The van der Waals surface area contributed by atoms with E-state index in [-0.39, 0.29) is 11.6 Å². The van der Waals surface area contributed by atoms with E-state index in [0.717, 1.165) is 0 Å². The third kappa shape index (κ3) is 5.39. The number of carbonyl (C=O) groups excluding carboxylic acids is 2. The monoisotopic (exact) mass is 438 g/mol. The molecule has 3 rings (SSSR count). The first kappa shape index (κ1) is 22.7. The topological polar surface area (TPSA) is 120 Å². The fourth-order valence-electron chi connectivity index (χ4n) is 2.96. The molecule has 32 heavy (non-hydrogen) atoms. The number of benzene rings is 1. The number of aryl methyl sites for hydroxylation is 1. The first-order valence-electron chi connectivity index (χ1n) is 9.88. The molecule has 0 atom stereocenters. The normalized spacial score (nSPS) is 11.1. The molecule has 1 amide bonds. The molecule has 0 aliphatic rings. The summed E-state index contributed by atoms with van der Waals surface area (Å²) in [5, 5.41) is 10.1. The van der Waals surface area contributed by atoms with Crippen LogP contribution in [0.3, 0.4) is 0 Å². The number of rotatable bonds is 6. The number of ether oxygens (including phenoxy) is 2. The number of nitrogens with zero attached hydrogens (tertiary/aromatic N) is 4. The van der Waals surface area contributed by atoms with E-state index < -0.39 is 11.7 Å². The Hall–Kier alpha value is -3.95. The number of pyridine rings is 1. The van der Waals surface area contributed by atoms with E-state index in [1.807, 2.05) is 12.1 Å². The van der Waals surface area contributed by atoms with Gasteiger partial charge in [0.05, 0.1) is 29.6 Å². The summed E-state index contributed by atoms with van der Waals surface area (Å²) in [7, 11) is 3.32. The highest BCUT2D eigenvalue weighted by atomic mass is 16.6. The molecule has 1 aromatic carbocycles. The number of hydrogen-bond donors (Lipinski definition) is 2. The van der Waals surface area contributed by atoms with Crippen LogP contribution in [0.15, 0.2) is 36.8 Å². The van der Waals surface area contributed by atoms with Crippen LogP contribution in [0.5, 0.6) is 5.75 Å². The Morgan fingerprint density at radius 3 is 2.47 bits per heavy atom. The summed E-state index contributed by atoms with van der Waals surface area (Å²) in [6.07, 6.45) is 2.35. The molecule has 3 aromatic rings. The predicted molar refractivity (Wildman–Crippen MR) is 120 cm³/mol. The van der Waals surface area contributed by atoms with Crippen LogP contribution in [-0.2, 0) is 11.8 Å². The molecule has 0 aliphatic carbocycles. The van der Waals surface area contributed by atoms with Crippen LogP contribution in [0, 0.1) is 0 Å². The quantitative estimate of drug-likeness (QED) is 0.550. The maximum absolute atomic E-state index is 12.2. The van der Waals surface area contributed by atoms with E-state index in [9.17, 15) is 9.59 Å². The number of amides is 1. The molecule has 2 aromatic heterocycles. The van der Waals surface area contributed by atoms with Crippen molar-refractivity contribution in [2.45, 2.75) is 33.3 Å². The minimum atomic E-state index is -0.655. The van der Waals surface area contributed by atoms with E-state index in [0.29, 0.717) is 34.1 Å². The van der Waals surface area contributed by atoms with Gasteiger partial charge in [-0.2, -0.15) is 5.10 Å². The number of ketones is 1. The molecule has 0 saturated carbocycles. The minimum absolute atomic E-state index is 0.190. The van der Waals surface area contributed by atoms with E-state index >= 15 is 0 Å². The van der Waals surface area contributed by atoms with Crippen molar-refractivity contribution < 1.29 is 19.1 Å². The SMILES string of the molecule is COc1c(Nc2cc(NC(=O)OC(C)(C)C)ncc2C(C)=O)cccc1-c1ncn(C)n1. The summed E-state index contributed by atoms with van der Waals surface area (Å²) in [6.45, 7) is 6.74. The zero-order valence-corrected chi connectivity index (χ0v) is 18.9. The van der Waals surface area contributed by atoms with Gasteiger partial charge < -0.3 is 14.8 Å². The molecule has 0 fully saturated rings. The second-order valence-electron chi connectivity index (χ2n) is 8.05. The van der Waals surface area contributed by atoms with Gasteiger partial charge in [0, 0.05) is 19.3 Å². The Morgan fingerprint density at radius 2 is 1.88 bits per heavy atom. The van der Waals surface area contributed by atoms with Crippen LogP contribution in [0.2, 0.25) is 0 Å². The molecule has 10 heteroatoms. The highest BCUT2D eigenvalue weighted by molar-refractivity contribution is 6.01. The van der Waals surface area contributed by atoms with Gasteiger partial charge in [-0.25, -0.2) is 14.8 Å². The van der Waals surface area contributed by atoms with Crippen LogP contribution in [0.25, 0.3) is 11.4 Å². The van der Waals surface area contributed by atoms with Gasteiger partial charge >= 0.3 is 6.09 Å². The van der Waals surface area contributed by atoms with Gasteiger partial charge in [0.1, 0.15) is 17.7 Å².